The fourth-order valence-corrected chi connectivity index (χ4v) is 2.19. The molecule has 0 amide bonds. The van der Waals surface area contributed by atoms with E-state index in [9.17, 15) is 4.79 Å². The Balaban J connectivity index is 2.22. The molecule has 1 heterocycles. The van der Waals surface area contributed by atoms with Gasteiger partial charge in [0.15, 0.2) is 5.13 Å². The molecule has 0 bridgehead atoms. The summed E-state index contributed by atoms with van der Waals surface area (Å²) in [5, 5.41) is 6.03. The predicted octanol–water partition coefficient (Wildman–Crippen LogP) is 2.48. The molecule has 0 unspecified atom stereocenters. The summed E-state index contributed by atoms with van der Waals surface area (Å²) in [7, 11) is 0. The van der Waals surface area contributed by atoms with Gasteiger partial charge in [-0.25, -0.2) is 4.98 Å². The molecule has 6 heteroatoms. The number of ether oxygens (including phenoxy) is 2. The minimum Gasteiger partial charge on any atom is -0.466 e. The van der Waals surface area contributed by atoms with Crippen molar-refractivity contribution in [2.45, 2.75) is 39.7 Å². The normalized spacial score (nSPS) is 10.7. The first-order valence-corrected chi connectivity index (χ1v) is 7.45. The van der Waals surface area contributed by atoms with Crippen molar-refractivity contribution in [1.29, 1.82) is 0 Å². The molecule has 5 nitrogen and oxygen atoms in total. The smallest absolute Gasteiger partial charge is 0.306 e. The minimum atomic E-state index is -0.171. The van der Waals surface area contributed by atoms with Gasteiger partial charge in [-0.15, -0.1) is 11.3 Å². The van der Waals surface area contributed by atoms with Crippen LogP contribution in [0.2, 0.25) is 0 Å². The Morgan fingerprint density at radius 2 is 2.32 bits per heavy atom. The number of carbonyl (C=O) groups excluding carboxylic acids is 1. The molecule has 1 aromatic rings. The van der Waals surface area contributed by atoms with Crippen molar-refractivity contribution in [3.8, 4) is 0 Å². The number of anilines is 1. The first kappa shape index (κ1) is 15.9. The number of thiazole rings is 1. The van der Waals surface area contributed by atoms with Crippen LogP contribution in [-0.4, -0.2) is 36.8 Å². The topological polar surface area (TPSA) is 60.5 Å². The Morgan fingerprint density at radius 1 is 1.53 bits per heavy atom. The Hall–Kier alpha value is -1.14. The predicted molar refractivity (Wildman–Crippen MR) is 76.6 cm³/mol. The second-order valence-electron chi connectivity index (χ2n) is 4.30. The van der Waals surface area contributed by atoms with E-state index in [2.05, 4.69) is 10.3 Å². The standard InChI is InChI=1S/C13H22N2O3S/c1-4-17-12(16)6-5-11-9-19-13(15-11)14-7-8-18-10(2)3/h9-10H,4-8H2,1-3H3,(H,14,15). The minimum absolute atomic E-state index is 0.171. The van der Waals surface area contributed by atoms with Gasteiger partial charge in [-0.05, 0) is 20.8 Å². The monoisotopic (exact) mass is 286 g/mol. The van der Waals surface area contributed by atoms with E-state index in [1.165, 1.54) is 0 Å². The number of aromatic nitrogens is 1. The molecule has 1 rings (SSSR count). The maximum Gasteiger partial charge on any atom is 0.306 e. The van der Waals surface area contributed by atoms with Crippen molar-refractivity contribution in [2.75, 3.05) is 25.1 Å². The number of carbonyl (C=O) groups is 1. The number of aryl methyl sites for hydroxylation is 1. The number of nitrogens with one attached hydrogen (secondary N) is 1. The molecule has 1 N–H and O–H groups in total. The number of esters is 1. The van der Waals surface area contributed by atoms with E-state index in [1.54, 1.807) is 11.3 Å². The lowest BCUT2D eigenvalue weighted by Gasteiger charge is -2.07. The molecule has 108 valence electrons. The van der Waals surface area contributed by atoms with Gasteiger partial charge >= 0.3 is 5.97 Å². The molecule has 0 saturated carbocycles. The van der Waals surface area contributed by atoms with Crippen molar-refractivity contribution in [2.24, 2.45) is 0 Å². The molecule has 0 radical (unpaired) electrons. The quantitative estimate of drug-likeness (QED) is 0.558. The number of nitrogens with zero attached hydrogens (tertiary/aromatic N) is 1. The summed E-state index contributed by atoms with van der Waals surface area (Å²) >= 11 is 1.54. The molecule has 19 heavy (non-hydrogen) atoms. The van der Waals surface area contributed by atoms with Crippen LogP contribution in [0.25, 0.3) is 0 Å². The number of hydrogen-bond acceptors (Lipinski definition) is 6. The van der Waals surface area contributed by atoms with E-state index in [1.807, 2.05) is 26.2 Å². The highest BCUT2D eigenvalue weighted by Crippen LogP contribution is 2.16. The third kappa shape index (κ3) is 7.12. The van der Waals surface area contributed by atoms with Crippen LogP contribution < -0.4 is 5.32 Å². The summed E-state index contributed by atoms with van der Waals surface area (Å²) in [6.07, 6.45) is 1.26. The van der Waals surface area contributed by atoms with Crippen LogP contribution in [0.3, 0.4) is 0 Å². The first-order chi connectivity index (χ1) is 9.11. The van der Waals surface area contributed by atoms with Crippen molar-refractivity contribution in [1.82, 2.24) is 4.98 Å². The Bertz CT molecular complexity index is 380. The SMILES string of the molecule is CCOC(=O)CCc1csc(NCCOC(C)C)n1. The lowest BCUT2D eigenvalue weighted by Crippen LogP contribution is -2.13. The van der Waals surface area contributed by atoms with Gasteiger partial charge in [-0.1, -0.05) is 0 Å². The zero-order valence-corrected chi connectivity index (χ0v) is 12.6. The molecular formula is C13H22N2O3S. The summed E-state index contributed by atoms with van der Waals surface area (Å²) in [5.74, 6) is -0.171. The Kier molecular flexibility index (Phi) is 7.43. The van der Waals surface area contributed by atoms with E-state index in [0.29, 0.717) is 26.1 Å². The van der Waals surface area contributed by atoms with Gasteiger partial charge in [-0.3, -0.25) is 4.79 Å². The second-order valence-corrected chi connectivity index (χ2v) is 5.15. The van der Waals surface area contributed by atoms with Crippen molar-refractivity contribution in [3.05, 3.63) is 11.1 Å². The van der Waals surface area contributed by atoms with Crippen LogP contribution in [-0.2, 0) is 20.7 Å². The van der Waals surface area contributed by atoms with E-state index in [4.69, 9.17) is 9.47 Å². The molecule has 0 saturated heterocycles. The summed E-state index contributed by atoms with van der Waals surface area (Å²) in [6.45, 7) is 7.66. The van der Waals surface area contributed by atoms with Crippen LogP contribution in [0.5, 0.6) is 0 Å². The van der Waals surface area contributed by atoms with Crippen LogP contribution in [0.15, 0.2) is 5.38 Å². The molecule has 0 aliphatic carbocycles. The summed E-state index contributed by atoms with van der Waals surface area (Å²) in [6, 6.07) is 0. The molecule has 0 atom stereocenters. The number of rotatable bonds is 9. The third-order valence-electron chi connectivity index (χ3n) is 2.27. The van der Waals surface area contributed by atoms with Gasteiger partial charge in [0.2, 0.25) is 0 Å². The maximum atomic E-state index is 11.2. The van der Waals surface area contributed by atoms with Gasteiger partial charge < -0.3 is 14.8 Å². The van der Waals surface area contributed by atoms with E-state index < -0.39 is 0 Å². The van der Waals surface area contributed by atoms with Crippen molar-refractivity contribution >= 4 is 22.4 Å². The largest absolute Gasteiger partial charge is 0.466 e. The molecule has 0 aliphatic rings. The van der Waals surface area contributed by atoms with Gasteiger partial charge in [0.05, 0.1) is 31.4 Å². The van der Waals surface area contributed by atoms with E-state index >= 15 is 0 Å². The molecule has 0 aromatic carbocycles. The third-order valence-corrected chi connectivity index (χ3v) is 3.12. The summed E-state index contributed by atoms with van der Waals surface area (Å²) < 4.78 is 10.3. The van der Waals surface area contributed by atoms with Gasteiger partial charge in [0, 0.05) is 18.3 Å². The highest BCUT2D eigenvalue weighted by atomic mass is 32.1. The van der Waals surface area contributed by atoms with Crippen LogP contribution in [0.1, 0.15) is 32.9 Å². The van der Waals surface area contributed by atoms with E-state index in [-0.39, 0.29) is 12.1 Å². The average Bonchev–Trinajstić information content (AvgIpc) is 2.80. The van der Waals surface area contributed by atoms with Gasteiger partial charge in [-0.2, -0.15) is 0 Å². The van der Waals surface area contributed by atoms with Crippen molar-refractivity contribution in [3.63, 3.8) is 0 Å². The lowest BCUT2D eigenvalue weighted by atomic mass is 10.2. The maximum absolute atomic E-state index is 11.2. The summed E-state index contributed by atoms with van der Waals surface area (Å²) in [5.41, 5.74) is 0.922. The second kappa shape index (κ2) is 8.87. The zero-order valence-electron chi connectivity index (χ0n) is 11.8. The average molecular weight is 286 g/mol. The fourth-order valence-electron chi connectivity index (χ4n) is 1.42. The highest BCUT2D eigenvalue weighted by Gasteiger charge is 2.06. The molecule has 0 fully saturated rings. The Morgan fingerprint density at radius 3 is 3.00 bits per heavy atom. The number of hydrogen-bond donors (Lipinski definition) is 1. The van der Waals surface area contributed by atoms with Gasteiger partial charge in [0.1, 0.15) is 0 Å². The Labute approximate surface area is 118 Å². The highest BCUT2D eigenvalue weighted by molar-refractivity contribution is 7.13. The van der Waals surface area contributed by atoms with E-state index in [0.717, 1.165) is 17.4 Å². The fraction of sp³-hybridized carbons (Fsp3) is 0.692. The molecular weight excluding hydrogens is 264 g/mol. The van der Waals surface area contributed by atoms with Crippen molar-refractivity contribution < 1.29 is 14.3 Å². The van der Waals surface area contributed by atoms with Crippen LogP contribution in [0.4, 0.5) is 5.13 Å². The first-order valence-electron chi connectivity index (χ1n) is 6.57. The lowest BCUT2D eigenvalue weighted by molar-refractivity contribution is -0.143. The van der Waals surface area contributed by atoms with Crippen LogP contribution in [0, 0.1) is 0 Å². The van der Waals surface area contributed by atoms with Crippen LogP contribution >= 0.6 is 11.3 Å². The molecule has 1 aromatic heterocycles. The summed E-state index contributed by atoms with van der Waals surface area (Å²) in [4.78, 5) is 15.6. The molecule has 0 spiro atoms. The molecule has 0 aliphatic heterocycles. The zero-order chi connectivity index (χ0) is 14.1. The van der Waals surface area contributed by atoms with Gasteiger partial charge in [0.25, 0.3) is 0 Å².